The zero-order chi connectivity index (χ0) is 18.1. The molecule has 0 saturated carbocycles. The van der Waals surface area contributed by atoms with Crippen molar-refractivity contribution in [1.82, 2.24) is 0 Å². The minimum Gasteiger partial charge on any atom is -0.506 e. The molecule has 130 valence electrons. The van der Waals surface area contributed by atoms with Gasteiger partial charge in [-0.15, -0.1) is 0 Å². The smallest absolute Gasteiger partial charge is 0.321 e. The van der Waals surface area contributed by atoms with Crippen molar-refractivity contribution in [3.05, 3.63) is 57.0 Å². The maximum absolute atomic E-state index is 10.4. The van der Waals surface area contributed by atoms with Crippen LogP contribution in [0, 0.1) is 0 Å². The zero-order valence-electron chi connectivity index (χ0n) is 12.7. The van der Waals surface area contributed by atoms with Gasteiger partial charge in [0.1, 0.15) is 11.8 Å². The lowest BCUT2D eigenvalue weighted by molar-refractivity contribution is -0.137. The molecule has 0 spiro atoms. The number of thioether (sulfide) groups is 1. The summed E-state index contributed by atoms with van der Waals surface area (Å²) in [5.41, 5.74) is 12.6. The van der Waals surface area contributed by atoms with E-state index >= 15 is 0 Å². The molecule has 2 aromatic carbocycles. The van der Waals surface area contributed by atoms with E-state index in [1.807, 2.05) is 30.3 Å². The molecule has 0 unspecified atom stereocenters. The number of carboxylic acids is 1. The Morgan fingerprint density at radius 1 is 1.17 bits per heavy atom. The highest BCUT2D eigenvalue weighted by Gasteiger charge is 2.10. The number of nitrogens with two attached hydrogens (primary N) is 2. The SMILES string of the molecule is N[C@@H](CSCc1ccccc1)C(=O)O.Nc1cc(Br)c(O)c(Br)c1. The van der Waals surface area contributed by atoms with Gasteiger partial charge in [-0.05, 0) is 49.6 Å². The normalized spacial score (nSPS) is 11.3. The molecular weight excluding hydrogens is 460 g/mol. The van der Waals surface area contributed by atoms with Crippen molar-refractivity contribution in [2.45, 2.75) is 11.8 Å². The summed E-state index contributed by atoms with van der Waals surface area (Å²) in [7, 11) is 0. The van der Waals surface area contributed by atoms with Crippen molar-refractivity contribution in [1.29, 1.82) is 0 Å². The number of aromatic hydroxyl groups is 1. The molecule has 0 fully saturated rings. The summed E-state index contributed by atoms with van der Waals surface area (Å²) in [6.45, 7) is 0. The van der Waals surface area contributed by atoms with Gasteiger partial charge >= 0.3 is 5.97 Å². The predicted octanol–water partition coefficient (Wildman–Crippen LogP) is 3.83. The fourth-order valence-electron chi connectivity index (χ4n) is 1.53. The number of halogens is 2. The third-order valence-electron chi connectivity index (χ3n) is 2.77. The molecule has 2 rings (SSSR count). The Kier molecular flexibility index (Phi) is 9.20. The lowest BCUT2D eigenvalue weighted by Crippen LogP contribution is -2.32. The van der Waals surface area contributed by atoms with E-state index in [4.69, 9.17) is 16.6 Å². The first-order valence-electron chi connectivity index (χ1n) is 6.84. The van der Waals surface area contributed by atoms with Crippen LogP contribution in [0.4, 0.5) is 5.69 Å². The van der Waals surface area contributed by atoms with Crippen molar-refractivity contribution in [2.24, 2.45) is 5.73 Å². The molecule has 6 N–H and O–H groups in total. The van der Waals surface area contributed by atoms with Gasteiger partial charge in [-0.25, -0.2) is 0 Å². The fourth-order valence-corrected chi connectivity index (χ4v) is 3.70. The molecule has 0 heterocycles. The van der Waals surface area contributed by atoms with Crippen molar-refractivity contribution < 1.29 is 15.0 Å². The number of rotatable bonds is 5. The predicted molar refractivity (Wildman–Crippen MR) is 106 cm³/mol. The molecule has 1 atom stereocenters. The Morgan fingerprint density at radius 3 is 2.21 bits per heavy atom. The lowest BCUT2D eigenvalue weighted by atomic mass is 10.2. The van der Waals surface area contributed by atoms with Gasteiger partial charge in [0, 0.05) is 17.2 Å². The Labute approximate surface area is 161 Å². The van der Waals surface area contributed by atoms with E-state index in [9.17, 15) is 9.90 Å². The van der Waals surface area contributed by atoms with Crippen molar-refractivity contribution in [3.63, 3.8) is 0 Å². The minimum atomic E-state index is -0.939. The van der Waals surface area contributed by atoms with Crippen LogP contribution in [-0.4, -0.2) is 28.0 Å². The number of phenols is 1. The van der Waals surface area contributed by atoms with Gasteiger partial charge in [0.2, 0.25) is 0 Å². The third kappa shape index (κ3) is 7.57. The van der Waals surface area contributed by atoms with Gasteiger partial charge in [0.15, 0.2) is 0 Å². The summed E-state index contributed by atoms with van der Waals surface area (Å²) < 4.78 is 1.19. The standard InChI is InChI=1S/C10H13NO2S.C6H5Br2NO/c11-9(10(12)13)7-14-6-8-4-2-1-3-5-8;7-4-1-3(9)2-5(8)6(4)10/h1-5,9H,6-7,11H2,(H,12,13);1-2,10H,9H2/t9-;/m0./s1. The molecule has 0 saturated heterocycles. The van der Waals surface area contributed by atoms with Gasteiger partial charge in [-0.2, -0.15) is 11.8 Å². The Balaban J connectivity index is 0.000000254. The second-order valence-electron chi connectivity index (χ2n) is 4.78. The Bertz CT molecular complexity index is 649. The average Bonchev–Trinajstić information content (AvgIpc) is 2.54. The fraction of sp³-hybridized carbons (Fsp3) is 0.188. The number of carboxylic acid groups (broad SMARTS) is 1. The molecule has 0 aliphatic rings. The number of phenolic OH excluding ortho intramolecular Hbond substituents is 1. The highest BCUT2D eigenvalue weighted by Crippen LogP contribution is 2.33. The number of hydrogen-bond acceptors (Lipinski definition) is 5. The van der Waals surface area contributed by atoms with E-state index in [1.54, 1.807) is 12.1 Å². The van der Waals surface area contributed by atoms with Crippen LogP contribution in [0.25, 0.3) is 0 Å². The van der Waals surface area contributed by atoms with Gasteiger partial charge in [0.05, 0.1) is 8.95 Å². The van der Waals surface area contributed by atoms with E-state index in [0.29, 0.717) is 20.4 Å². The van der Waals surface area contributed by atoms with Crippen LogP contribution in [0.3, 0.4) is 0 Å². The summed E-state index contributed by atoms with van der Waals surface area (Å²) in [6, 6.07) is 12.4. The van der Waals surface area contributed by atoms with Crippen LogP contribution >= 0.6 is 43.6 Å². The molecule has 0 aromatic heterocycles. The molecule has 24 heavy (non-hydrogen) atoms. The summed E-state index contributed by atoms with van der Waals surface area (Å²) in [5.74, 6) is 0.492. The molecule has 0 bridgehead atoms. The van der Waals surface area contributed by atoms with Crippen LogP contribution in [0.5, 0.6) is 5.75 Å². The first kappa shape index (κ1) is 20.8. The molecule has 8 heteroatoms. The Morgan fingerprint density at radius 2 is 1.71 bits per heavy atom. The van der Waals surface area contributed by atoms with Gasteiger partial charge in [0.25, 0.3) is 0 Å². The van der Waals surface area contributed by atoms with Gasteiger partial charge in [-0.1, -0.05) is 30.3 Å². The maximum Gasteiger partial charge on any atom is 0.321 e. The summed E-state index contributed by atoms with van der Waals surface area (Å²) in [5, 5.41) is 17.7. The molecule has 2 aromatic rings. The van der Waals surface area contributed by atoms with Crippen LogP contribution < -0.4 is 11.5 Å². The van der Waals surface area contributed by atoms with E-state index in [-0.39, 0.29) is 5.75 Å². The molecular formula is C16H18Br2N2O3S. The quantitative estimate of drug-likeness (QED) is 0.384. The topological polar surface area (TPSA) is 110 Å². The van der Waals surface area contributed by atoms with Crippen molar-refractivity contribution in [3.8, 4) is 5.75 Å². The van der Waals surface area contributed by atoms with E-state index < -0.39 is 12.0 Å². The average molecular weight is 478 g/mol. The highest BCUT2D eigenvalue weighted by atomic mass is 79.9. The Hall–Kier alpha value is -1.22. The number of aliphatic carboxylic acids is 1. The van der Waals surface area contributed by atoms with Crippen LogP contribution in [0.2, 0.25) is 0 Å². The summed E-state index contributed by atoms with van der Waals surface area (Å²) >= 11 is 7.81. The first-order valence-corrected chi connectivity index (χ1v) is 9.59. The molecule has 0 amide bonds. The minimum absolute atomic E-state index is 0.175. The number of carbonyl (C=O) groups is 1. The molecule has 0 radical (unpaired) electrons. The number of anilines is 1. The molecule has 5 nitrogen and oxygen atoms in total. The number of nitrogen functional groups attached to an aromatic ring is 1. The second-order valence-corrected chi connectivity index (χ2v) is 7.52. The van der Waals surface area contributed by atoms with Crippen LogP contribution in [0.15, 0.2) is 51.4 Å². The lowest BCUT2D eigenvalue weighted by Gasteiger charge is -2.05. The van der Waals surface area contributed by atoms with Gasteiger partial charge in [-0.3, -0.25) is 4.79 Å². The van der Waals surface area contributed by atoms with E-state index in [0.717, 1.165) is 5.75 Å². The van der Waals surface area contributed by atoms with Crippen molar-refractivity contribution in [2.75, 3.05) is 11.5 Å². The summed E-state index contributed by atoms with van der Waals surface area (Å²) in [4.78, 5) is 10.4. The second kappa shape index (κ2) is 10.6. The van der Waals surface area contributed by atoms with Crippen molar-refractivity contribution >= 4 is 55.3 Å². The third-order valence-corrected chi connectivity index (χ3v) is 5.11. The number of hydrogen-bond donors (Lipinski definition) is 4. The van der Waals surface area contributed by atoms with E-state index in [1.165, 1.54) is 17.3 Å². The largest absolute Gasteiger partial charge is 0.506 e. The van der Waals surface area contributed by atoms with Gasteiger partial charge < -0.3 is 21.7 Å². The maximum atomic E-state index is 10.4. The van der Waals surface area contributed by atoms with Crippen LogP contribution in [-0.2, 0) is 10.5 Å². The molecule has 0 aliphatic carbocycles. The zero-order valence-corrected chi connectivity index (χ0v) is 16.6. The molecule has 0 aliphatic heterocycles. The highest BCUT2D eigenvalue weighted by molar-refractivity contribution is 9.11. The first-order chi connectivity index (χ1) is 11.3. The number of benzene rings is 2. The van der Waals surface area contributed by atoms with Crippen LogP contribution in [0.1, 0.15) is 5.56 Å². The summed E-state index contributed by atoms with van der Waals surface area (Å²) in [6.07, 6.45) is 0. The van der Waals surface area contributed by atoms with E-state index in [2.05, 4.69) is 31.9 Å². The monoisotopic (exact) mass is 476 g/mol.